The quantitative estimate of drug-likeness (QED) is 0.688. The minimum absolute atomic E-state index is 0.0354. The van der Waals surface area contributed by atoms with Gasteiger partial charge in [-0.3, -0.25) is 9.69 Å². The van der Waals surface area contributed by atoms with Crippen molar-refractivity contribution in [3.63, 3.8) is 0 Å². The highest BCUT2D eigenvalue weighted by Crippen LogP contribution is 2.21. The van der Waals surface area contributed by atoms with E-state index in [4.69, 9.17) is 15.2 Å². The highest BCUT2D eigenvalue weighted by atomic mass is 16.4. The molecule has 3 heterocycles. The lowest BCUT2D eigenvalue weighted by Gasteiger charge is -2.26. The summed E-state index contributed by atoms with van der Waals surface area (Å²) in [4.78, 5) is 16.9. The van der Waals surface area contributed by atoms with Crippen LogP contribution in [0, 0.1) is 0 Å². The van der Waals surface area contributed by atoms with Crippen molar-refractivity contribution in [1.29, 1.82) is 0 Å². The van der Waals surface area contributed by atoms with Gasteiger partial charge in [0, 0.05) is 26.1 Å². The molecule has 2 aliphatic rings. The number of aliphatic carboxylic acids is 1. The Balaban J connectivity index is 0.000000204. The van der Waals surface area contributed by atoms with E-state index in [1.165, 1.54) is 56.5 Å². The van der Waals surface area contributed by atoms with Gasteiger partial charge in [0.25, 0.3) is 0 Å². The molecule has 164 valence electrons. The number of carboxylic acids is 1. The molecule has 0 radical (unpaired) electrons. The van der Waals surface area contributed by atoms with Gasteiger partial charge in [0.15, 0.2) is 0 Å². The van der Waals surface area contributed by atoms with Gasteiger partial charge in [-0.2, -0.15) is 0 Å². The molecule has 0 atom stereocenters. The van der Waals surface area contributed by atoms with E-state index in [9.17, 15) is 4.79 Å². The van der Waals surface area contributed by atoms with Crippen LogP contribution in [0.4, 0.5) is 5.82 Å². The second kappa shape index (κ2) is 14.5. The van der Waals surface area contributed by atoms with E-state index in [2.05, 4.69) is 22.3 Å². The third kappa shape index (κ3) is 9.85. The number of piperidine rings is 1. The Kier molecular flexibility index (Phi) is 11.5. The van der Waals surface area contributed by atoms with Gasteiger partial charge in [0.1, 0.15) is 5.82 Å². The number of hydrogen-bond acceptors (Lipinski definition) is 5. The van der Waals surface area contributed by atoms with E-state index in [1.54, 1.807) is 0 Å². The summed E-state index contributed by atoms with van der Waals surface area (Å²) in [6, 6.07) is 16.5. The van der Waals surface area contributed by atoms with Crippen molar-refractivity contribution in [3.05, 3.63) is 59.8 Å². The predicted octanol–water partition coefficient (Wildman–Crippen LogP) is 3.96. The fourth-order valence-corrected chi connectivity index (χ4v) is 3.42. The number of nitrogens with zero attached hydrogens (tertiary/aromatic N) is 2. The van der Waals surface area contributed by atoms with Crippen molar-refractivity contribution < 1.29 is 15.0 Å². The molecule has 1 fully saturated rings. The maximum Gasteiger partial charge on any atom is 0.303 e. The summed E-state index contributed by atoms with van der Waals surface area (Å²) in [5.41, 5.74) is 2.61. The van der Waals surface area contributed by atoms with Gasteiger partial charge in [-0.1, -0.05) is 48.9 Å². The van der Waals surface area contributed by atoms with Gasteiger partial charge in [0.2, 0.25) is 0 Å². The zero-order valence-corrected chi connectivity index (χ0v) is 17.8. The first-order chi connectivity index (χ1) is 14.7. The third-order valence-corrected chi connectivity index (χ3v) is 5.00. The fraction of sp³-hybridized carbons (Fsp3) is 0.500. The maximum atomic E-state index is 9.65. The molecule has 2 aromatic rings. The van der Waals surface area contributed by atoms with Gasteiger partial charge in [-0.15, -0.1) is 0 Å². The van der Waals surface area contributed by atoms with Crippen LogP contribution in [0.3, 0.4) is 0 Å². The van der Waals surface area contributed by atoms with Crippen LogP contribution in [0.5, 0.6) is 0 Å². The number of likely N-dealkylation sites (tertiary alicyclic amines) is 1. The number of aliphatic hydroxyl groups is 1. The number of carboxylic acid groups (broad SMARTS) is 1. The largest absolute Gasteiger partial charge is 0.481 e. The molecule has 0 amide bonds. The number of benzene rings is 1. The number of hydrogen-bond donors (Lipinski definition) is 3. The normalized spacial score (nSPS) is 15.4. The topological polar surface area (TPSA) is 85.7 Å². The lowest BCUT2D eigenvalue weighted by molar-refractivity contribution is -0.137. The molecule has 0 saturated carbocycles. The van der Waals surface area contributed by atoms with E-state index in [0.29, 0.717) is 6.42 Å². The lowest BCUT2D eigenvalue weighted by atomic mass is 10.1. The molecule has 3 N–H and O–H groups in total. The molecule has 2 aliphatic heterocycles. The van der Waals surface area contributed by atoms with Gasteiger partial charge in [-0.05, 0) is 56.8 Å². The molecular weight excluding hydrogens is 378 g/mol. The Hall–Kier alpha value is -2.44. The SMILES string of the molecule is O=C(O)CCCO.c1cc2c(nc1CN1CCCCC1)NCCC2.c1ccccc1. The number of nitrogens with one attached hydrogen (secondary N) is 1. The zero-order chi connectivity index (χ0) is 21.4. The van der Waals surface area contributed by atoms with Crippen LogP contribution in [-0.2, 0) is 17.8 Å². The predicted molar refractivity (Wildman–Crippen MR) is 121 cm³/mol. The highest BCUT2D eigenvalue weighted by molar-refractivity contribution is 5.66. The molecule has 1 saturated heterocycles. The number of aryl methyl sites for hydroxylation is 1. The van der Waals surface area contributed by atoms with E-state index in [1.807, 2.05) is 36.4 Å². The van der Waals surface area contributed by atoms with Crippen LogP contribution in [0.15, 0.2) is 48.5 Å². The fourth-order valence-electron chi connectivity index (χ4n) is 3.42. The van der Waals surface area contributed by atoms with Gasteiger partial charge < -0.3 is 15.5 Å². The lowest BCUT2D eigenvalue weighted by Crippen LogP contribution is -2.29. The van der Waals surface area contributed by atoms with Crippen molar-refractivity contribution in [2.24, 2.45) is 0 Å². The molecular formula is C24H35N3O3. The number of carbonyl (C=O) groups is 1. The van der Waals surface area contributed by atoms with Crippen LogP contribution in [0.2, 0.25) is 0 Å². The molecule has 30 heavy (non-hydrogen) atoms. The second-order valence-electron chi connectivity index (χ2n) is 7.55. The number of anilines is 1. The minimum Gasteiger partial charge on any atom is -0.481 e. The minimum atomic E-state index is -0.853. The van der Waals surface area contributed by atoms with Crippen LogP contribution in [0.1, 0.15) is 49.8 Å². The van der Waals surface area contributed by atoms with Gasteiger partial charge >= 0.3 is 5.97 Å². The second-order valence-corrected chi connectivity index (χ2v) is 7.55. The Morgan fingerprint density at radius 1 is 1.00 bits per heavy atom. The molecule has 0 unspecified atom stereocenters. The summed E-state index contributed by atoms with van der Waals surface area (Å²) in [5.74, 6) is 0.278. The molecule has 6 nitrogen and oxygen atoms in total. The van der Waals surface area contributed by atoms with Gasteiger partial charge in [-0.25, -0.2) is 4.98 Å². The van der Waals surface area contributed by atoms with Crippen molar-refractivity contribution >= 4 is 11.8 Å². The van der Waals surface area contributed by atoms with Crippen molar-refractivity contribution in [2.45, 2.75) is 51.5 Å². The summed E-state index contributed by atoms with van der Waals surface area (Å²) in [5, 5.41) is 19.4. The average Bonchev–Trinajstić information content (AvgIpc) is 2.80. The molecule has 6 heteroatoms. The molecule has 0 aliphatic carbocycles. The molecule has 0 bridgehead atoms. The summed E-state index contributed by atoms with van der Waals surface area (Å²) in [6.45, 7) is 4.55. The van der Waals surface area contributed by atoms with Crippen LogP contribution in [0.25, 0.3) is 0 Å². The number of aromatic nitrogens is 1. The third-order valence-electron chi connectivity index (χ3n) is 5.00. The Morgan fingerprint density at radius 3 is 2.23 bits per heavy atom. The first-order valence-electron chi connectivity index (χ1n) is 11.0. The van der Waals surface area contributed by atoms with Gasteiger partial charge in [0.05, 0.1) is 5.69 Å². The number of aliphatic hydroxyl groups excluding tert-OH is 1. The highest BCUT2D eigenvalue weighted by Gasteiger charge is 2.14. The first kappa shape index (κ1) is 23.8. The van der Waals surface area contributed by atoms with Crippen molar-refractivity contribution in [1.82, 2.24) is 9.88 Å². The smallest absolute Gasteiger partial charge is 0.303 e. The van der Waals surface area contributed by atoms with Crippen molar-refractivity contribution in [3.8, 4) is 0 Å². The first-order valence-corrected chi connectivity index (χ1v) is 11.0. The number of pyridine rings is 1. The van der Waals surface area contributed by atoms with Crippen LogP contribution >= 0.6 is 0 Å². The van der Waals surface area contributed by atoms with E-state index < -0.39 is 5.97 Å². The molecule has 1 aromatic heterocycles. The van der Waals surface area contributed by atoms with Crippen LogP contribution in [-0.4, -0.2) is 52.3 Å². The molecule has 0 spiro atoms. The Labute approximate surface area is 180 Å². The standard InChI is InChI=1S/C14H21N3.C6H6.C4H8O3/c1-2-9-17(10-3-1)11-13-7-6-12-5-4-8-15-14(12)16-13;1-2-4-6-5-3-1;5-3-1-2-4(6)7/h6-7H,1-5,8-11H2,(H,15,16);1-6H;5H,1-3H2,(H,6,7). The number of fused-ring (bicyclic) bond motifs is 1. The summed E-state index contributed by atoms with van der Waals surface area (Å²) < 4.78 is 0. The summed E-state index contributed by atoms with van der Waals surface area (Å²) >= 11 is 0. The van der Waals surface area contributed by atoms with Crippen molar-refractivity contribution in [2.75, 3.05) is 31.6 Å². The molecule has 4 rings (SSSR count). The monoisotopic (exact) mass is 413 g/mol. The van der Waals surface area contributed by atoms with E-state index >= 15 is 0 Å². The summed E-state index contributed by atoms with van der Waals surface area (Å²) in [7, 11) is 0. The maximum absolute atomic E-state index is 9.65. The molecule has 1 aromatic carbocycles. The zero-order valence-electron chi connectivity index (χ0n) is 17.8. The Morgan fingerprint density at radius 2 is 1.67 bits per heavy atom. The van der Waals surface area contributed by atoms with Crippen LogP contribution < -0.4 is 5.32 Å². The van der Waals surface area contributed by atoms with E-state index in [-0.39, 0.29) is 13.0 Å². The van der Waals surface area contributed by atoms with E-state index in [0.717, 1.165) is 18.9 Å². The Bertz CT molecular complexity index is 692. The summed E-state index contributed by atoms with van der Waals surface area (Å²) in [6.07, 6.45) is 6.94. The average molecular weight is 414 g/mol. The number of rotatable bonds is 5.